The van der Waals surface area contributed by atoms with Gasteiger partial charge in [-0.2, -0.15) is 0 Å². The molecule has 1 saturated heterocycles. The first-order valence-electron chi connectivity index (χ1n) is 15.2. The lowest BCUT2D eigenvalue weighted by atomic mass is 9.79. The van der Waals surface area contributed by atoms with E-state index in [0.717, 1.165) is 67.1 Å². The number of likely N-dealkylation sites (tertiary alicyclic amines) is 1. The number of benzene rings is 3. The summed E-state index contributed by atoms with van der Waals surface area (Å²) in [7, 11) is 3.41. The molecule has 1 saturated carbocycles. The molecule has 6 heteroatoms. The van der Waals surface area contributed by atoms with Crippen LogP contribution in [0.25, 0.3) is 0 Å². The van der Waals surface area contributed by atoms with Crippen molar-refractivity contribution in [3.8, 4) is 17.2 Å². The van der Waals surface area contributed by atoms with Gasteiger partial charge in [-0.3, -0.25) is 9.69 Å². The van der Waals surface area contributed by atoms with Crippen LogP contribution < -0.4 is 19.1 Å². The van der Waals surface area contributed by atoms with Gasteiger partial charge >= 0.3 is 0 Å². The zero-order valence-electron chi connectivity index (χ0n) is 24.4. The quantitative estimate of drug-likeness (QED) is 0.275. The summed E-state index contributed by atoms with van der Waals surface area (Å²) in [6.07, 6.45) is 7.51. The second kappa shape index (κ2) is 12.6. The first-order valence-corrected chi connectivity index (χ1v) is 15.2. The van der Waals surface area contributed by atoms with Crippen molar-refractivity contribution in [2.24, 2.45) is 5.92 Å². The van der Waals surface area contributed by atoms with Crippen molar-refractivity contribution in [3.63, 3.8) is 0 Å². The van der Waals surface area contributed by atoms with Crippen molar-refractivity contribution in [1.29, 1.82) is 0 Å². The normalized spacial score (nSPS) is 18.5. The smallest absolute Gasteiger partial charge is 0.230 e. The van der Waals surface area contributed by atoms with Crippen molar-refractivity contribution < 1.29 is 19.0 Å². The highest BCUT2D eigenvalue weighted by molar-refractivity contribution is 5.97. The Morgan fingerprint density at radius 3 is 2.29 bits per heavy atom. The average Bonchev–Trinajstić information content (AvgIpc) is 3.75. The van der Waals surface area contributed by atoms with E-state index in [1.807, 2.05) is 23.1 Å². The molecule has 1 unspecified atom stereocenters. The molecule has 6 rings (SSSR count). The van der Waals surface area contributed by atoms with Crippen LogP contribution in [0.3, 0.4) is 0 Å². The molecule has 216 valence electrons. The zero-order valence-corrected chi connectivity index (χ0v) is 24.4. The van der Waals surface area contributed by atoms with Crippen molar-refractivity contribution in [3.05, 3.63) is 82.9 Å². The van der Waals surface area contributed by atoms with Crippen LogP contribution in [0.5, 0.6) is 17.2 Å². The highest BCUT2D eigenvalue weighted by atomic mass is 16.5. The molecule has 0 radical (unpaired) electrons. The number of amides is 1. The summed E-state index contributed by atoms with van der Waals surface area (Å²) in [5.41, 5.74) is 6.03. The summed E-state index contributed by atoms with van der Waals surface area (Å²) in [4.78, 5) is 18.3. The monoisotopic (exact) mass is 554 g/mol. The third-order valence-electron chi connectivity index (χ3n) is 8.94. The number of fused-ring (bicyclic) bond motifs is 1. The van der Waals surface area contributed by atoms with E-state index in [0.29, 0.717) is 19.1 Å². The van der Waals surface area contributed by atoms with Crippen LogP contribution in [0.1, 0.15) is 60.3 Å². The zero-order chi connectivity index (χ0) is 28.2. The maximum absolute atomic E-state index is 13.8. The van der Waals surface area contributed by atoms with Crippen LogP contribution in [-0.2, 0) is 24.2 Å². The molecule has 0 aromatic heterocycles. The highest BCUT2D eigenvalue weighted by Crippen LogP contribution is 2.42. The Morgan fingerprint density at radius 1 is 0.854 bits per heavy atom. The van der Waals surface area contributed by atoms with E-state index < -0.39 is 0 Å². The Balaban J connectivity index is 1.23. The van der Waals surface area contributed by atoms with E-state index in [-0.39, 0.29) is 11.8 Å². The lowest BCUT2D eigenvalue weighted by molar-refractivity contribution is -0.119. The molecule has 1 atom stereocenters. The van der Waals surface area contributed by atoms with E-state index in [1.165, 1.54) is 42.6 Å². The van der Waals surface area contributed by atoms with Gasteiger partial charge in [0.05, 0.1) is 26.5 Å². The van der Waals surface area contributed by atoms with E-state index >= 15 is 0 Å². The van der Waals surface area contributed by atoms with Crippen LogP contribution in [0.15, 0.2) is 60.7 Å². The van der Waals surface area contributed by atoms with Gasteiger partial charge in [0.2, 0.25) is 5.91 Å². The fourth-order valence-corrected chi connectivity index (χ4v) is 6.36. The summed E-state index contributed by atoms with van der Waals surface area (Å²) < 4.78 is 17.1. The van der Waals surface area contributed by atoms with Gasteiger partial charge in [0, 0.05) is 18.5 Å². The molecule has 6 nitrogen and oxygen atoms in total. The minimum atomic E-state index is 0.113. The summed E-state index contributed by atoms with van der Waals surface area (Å²) in [5, 5.41) is 0. The standard InChI is InChI=1S/C35H42N2O4/c1-39-31-14-11-27-21-29(10-9-28(27)22-31)33-16-15-32(40-2)23-34(33)37(35(38)26-7-8-26)24-25-5-12-30(13-6-25)41-20-19-36-17-3-4-18-36/h5-6,11-16,22-23,26,29H,3-4,7-10,17-21,24H2,1-2H3. The molecule has 3 aromatic rings. The predicted octanol–water partition coefficient (Wildman–Crippen LogP) is 6.39. The maximum atomic E-state index is 13.8. The number of aryl methyl sites for hydroxylation is 1. The number of rotatable bonds is 11. The van der Waals surface area contributed by atoms with Gasteiger partial charge in [-0.15, -0.1) is 0 Å². The first-order chi connectivity index (χ1) is 20.1. The molecule has 1 amide bonds. The molecule has 2 fully saturated rings. The number of ether oxygens (including phenoxy) is 3. The minimum absolute atomic E-state index is 0.113. The number of hydrogen-bond donors (Lipinski definition) is 0. The van der Waals surface area contributed by atoms with Crippen LogP contribution in [0, 0.1) is 5.92 Å². The first kappa shape index (κ1) is 27.6. The number of methoxy groups -OCH3 is 2. The molecule has 1 aliphatic heterocycles. The van der Waals surface area contributed by atoms with Crippen LogP contribution in [0.2, 0.25) is 0 Å². The van der Waals surface area contributed by atoms with Crippen molar-refractivity contribution in [2.45, 2.75) is 57.4 Å². The van der Waals surface area contributed by atoms with Crippen LogP contribution in [-0.4, -0.2) is 51.3 Å². The number of anilines is 1. The second-order valence-electron chi connectivity index (χ2n) is 11.7. The van der Waals surface area contributed by atoms with Gasteiger partial charge in [0.1, 0.15) is 23.9 Å². The second-order valence-corrected chi connectivity index (χ2v) is 11.7. The lowest BCUT2D eigenvalue weighted by Gasteiger charge is -2.31. The summed E-state index contributed by atoms with van der Waals surface area (Å²) in [5.74, 6) is 3.23. The number of carbonyl (C=O) groups excluding carboxylic acids is 1. The van der Waals surface area contributed by atoms with Gasteiger partial charge < -0.3 is 19.1 Å². The largest absolute Gasteiger partial charge is 0.497 e. The molecule has 41 heavy (non-hydrogen) atoms. The summed E-state index contributed by atoms with van der Waals surface area (Å²) >= 11 is 0. The predicted molar refractivity (Wildman–Crippen MR) is 162 cm³/mol. The molecule has 3 aromatic carbocycles. The summed E-state index contributed by atoms with van der Waals surface area (Å²) in [6, 6.07) is 21.0. The molecular formula is C35H42N2O4. The molecule has 0 bridgehead atoms. The SMILES string of the molecule is COc1ccc2c(c1)CCC(c1ccc(OC)cc1N(Cc1ccc(OCCN3CCCC3)cc1)C(=O)C1CC1)C2. The van der Waals surface area contributed by atoms with Crippen LogP contribution in [0.4, 0.5) is 5.69 Å². The molecule has 0 N–H and O–H groups in total. The fourth-order valence-electron chi connectivity index (χ4n) is 6.36. The number of hydrogen-bond acceptors (Lipinski definition) is 5. The van der Waals surface area contributed by atoms with E-state index in [2.05, 4.69) is 47.4 Å². The molecule has 3 aliphatic rings. The Bertz CT molecular complexity index is 1340. The Labute approximate surface area is 244 Å². The van der Waals surface area contributed by atoms with E-state index in [9.17, 15) is 4.79 Å². The average molecular weight is 555 g/mol. The highest BCUT2D eigenvalue weighted by Gasteiger charge is 2.36. The van der Waals surface area contributed by atoms with Crippen LogP contribution >= 0.6 is 0 Å². The molecular weight excluding hydrogens is 512 g/mol. The topological polar surface area (TPSA) is 51.2 Å². The van der Waals surface area contributed by atoms with Crippen molar-refractivity contribution in [1.82, 2.24) is 4.90 Å². The summed E-state index contributed by atoms with van der Waals surface area (Å²) in [6.45, 7) is 4.58. The van der Waals surface area contributed by atoms with Crippen molar-refractivity contribution >= 4 is 11.6 Å². The van der Waals surface area contributed by atoms with Gasteiger partial charge in [-0.05, 0) is 117 Å². The number of carbonyl (C=O) groups is 1. The van der Waals surface area contributed by atoms with Gasteiger partial charge in [0.15, 0.2) is 0 Å². The van der Waals surface area contributed by atoms with Gasteiger partial charge in [-0.25, -0.2) is 0 Å². The molecule has 1 heterocycles. The molecule has 0 spiro atoms. The third kappa shape index (κ3) is 6.54. The minimum Gasteiger partial charge on any atom is -0.497 e. The Morgan fingerprint density at radius 2 is 1.56 bits per heavy atom. The van der Waals surface area contributed by atoms with Crippen molar-refractivity contribution in [2.75, 3.05) is 45.4 Å². The van der Waals surface area contributed by atoms with E-state index in [4.69, 9.17) is 14.2 Å². The molecule has 2 aliphatic carbocycles. The van der Waals surface area contributed by atoms with Gasteiger partial charge in [0.25, 0.3) is 0 Å². The van der Waals surface area contributed by atoms with E-state index in [1.54, 1.807) is 14.2 Å². The maximum Gasteiger partial charge on any atom is 0.230 e. The lowest BCUT2D eigenvalue weighted by Crippen LogP contribution is -2.33. The Hall–Kier alpha value is -3.51. The number of nitrogens with zero attached hydrogens (tertiary/aromatic N) is 2. The van der Waals surface area contributed by atoms with Gasteiger partial charge in [-0.1, -0.05) is 24.3 Å². The fraction of sp³-hybridized carbons (Fsp3) is 0.457. The Kier molecular flexibility index (Phi) is 8.47. The third-order valence-corrected chi connectivity index (χ3v) is 8.94.